The number of nitrogens with one attached hydrogen (secondary N) is 1. The molecular formula is C10H11NO2. The van der Waals surface area contributed by atoms with Gasteiger partial charge in [-0.05, 0) is 13.0 Å². The number of furan rings is 1. The van der Waals surface area contributed by atoms with Gasteiger partial charge in [0.15, 0.2) is 0 Å². The molecule has 0 aromatic carbocycles. The predicted molar refractivity (Wildman–Crippen MR) is 49.1 cm³/mol. The van der Waals surface area contributed by atoms with Gasteiger partial charge in [-0.3, -0.25) is 4.79 Å². The molecule has 0 fully saturated rings. The zero-order valence-electron chi connectivity index (χ0n) is 7.46. The molecule has 1 rings (SSSR count). The Bertz CT molecular complexity index is 316. The lowest BCUT2D eigenvalue weighted by atomic mass is 10.3. The SMILES string of the molecule is CC#CCCNC(=O)c1ccoc1. The molecule has 1 N–H and O–H groups in total. The molecule has 0 saturated carbocycles. The van der Waals surface area contributed by atoms with E-state index >= 15 is 0 Å². The molecule has 0 unspecified atom stereocenters. The average Bonchev–Trinajstić information content (AvgIpc) is 2.65. The molecule has 0 aliphatic carbocycles. The quantitative estimate of drug-likeness (QED) is 0.560. The van der Waals surface area contributed by atoms with Crippen molar-refractivity contribution in [2.45, 2.75) is 13.3 Å². The van der Waals surface area contributed by atoms with Gasteiger partial charge < -0.3 is 9.73 Å². The van der Waals surface area contributed by atoms with E-state index in [-0.39, 0.29) is 5.91 Å². The first-order valence-electron chi connectivity index (χ1n) is 4.04. The maximum absolute atomic E-state index is 11.2. The van der Waals surface area contributed by atoms with Crippen LogP contribution in [-0.4, -0.2) is 12.5 Å². The minimum atomic E-state index is -0.119. The number of carbonyl (C=O) groups excluding carboxylic acids is 1. The van der Waals surface area contributed by atoms with E-state index in [0.29, 0.717) is 18.5 Å². The van der Waals surface area contributed by atoms with Crippen molar-refractivity contribution >= 4 is 5.91 Å². The smallest absolute Gasteiger partial charge is 0.254 e. The van der Waals surface area contributed by atoms with Crippen LogP contribution in [0.4, 0.5) is 0 Å². The highest BCUT2D eigenvalue weighted by atomic mass is 16.3. The lowest BCUT2D eigenvalue weighted by molar-refractivity contribution is 0.0954. The van der Waals surface area contributed by atoms with Crippen LogP contribution in [0.25, 0.3) is 0 Å². The second-order valence-corrected chi connectivity index (χ2v) is 2.44. The maximum Gasteiger partial charge on any atom is 0.254 e. The van der Waals surface area contributed by atoms with Crippen LogP contribution in [0.3, 0.4) is 0 Å². The van der Waals surface area contributed by atoms with Gasteiger partial charge in [-0.25, -0.2) is 0 Å². The van der Waals surface area contributed by atoms with Crippen LogP contribution in [0.5, 0.6) is 0 Å². The van der Waals surface area contributed by atoms with E-state index in [9.17, 15) is 4.79 Å². The van der Waals surface area contributed by atoms with Crippen molar-refractivity contribution in [3.8, 4) is 11.8 Å². The van der Waals surface area contributed by atoms with Crippen molar-refractivity contribution < 1.29 is 9.21 Å². The molecule has 0 aliphatic heterocycles. The van der Waals surface area contributed by atoms with Crippen molar-refractivity contribution in [1.29, 1.82) is 0 Å². The molecule has 0 atom stereocenters. The summed E-state index contributed by atoms with van der Waals surface area (Å²) < 4.78 is 4.77. The topological polar surface area (TPSA) is 42.2 Å². The molecule has 3 nitrogen and oxygen atoms in total. The van der Waals surface area contributed by atoms with Gasteiger partial charge in [0.2, 0.25) is 0 Å². The van der Waals surface area contributed by atoms with E-state index in [2.05, 4.69) is 17.2 Å². The van der Waals surface area contributed by atoms with Gasteiger partial charge in [-0.15, -0.1) is 11.8 Å². The molecule has 1 aromatic heterocycles. The van der Waals surface area contributed by atoms with Gasteiger partial charge in [0.25, 0.3) is 5.91 Å². The molecule has 0 radical (unpaired) electrons. The van der Waals surface area contributed by atoms with E-state index in [4.69, 9.17) is 4.42 Å². The van der Waals surface area contributed by atoms with E-state index in [1.54, 1.807) is 13.0 Å². The molecule has 0 spiro atoms. The Morgan fingerprint density at radius 1 is 1.69 bits per heavy atom. The normalized spacial score (nSPS) is 8.69. The van der Waals surface area contributed by atoms with Gasteiger partial charge in [0, 0.05) is 13.0 Å². The Morgan fingerprint density at radius 2 is 2.54 bits per heavy atom. The summed E-state index contributed by atoms with van der Waals surface area (Å²) in [6, 6.07) is 1.63. The zero-order chi connectivity index (χ0) is 9.52. The van der Waals surface area contributed by atoms with Gasteiger partial charge in [0.05, 0.1) is 11.8 Å². The summed E-state index contributed by atoms with van der Waals surface area (Å²) in [5, 5.41) is 2.72. The number of hydrogen-bond donors (Lipinski definition) is 1. The fourth-order valence-electron chi connectivity index (χ4n) is 0.859. The Morgan fingerprint density at radius 3 is 3.15 bits per heavy atom. The first kappa shape index (κ1) is 9.40. The second kappa shape index (κ2) is 5.04. The standard InChI is InChI=1S/C10H11NO2/c1-2-3-4-6-11-10(12)9-5-7-13-8-9/h5,7-8H,4,6H2,1H3,(H,11,12). The predicted octanol–water partition coefficient (Wildman–Crippen LogP) is 1.42. The minimum absolute atomic E-state index is 0.119. The van der Waals surface area contributed by atoms with Crippen LogP contribution >= 0.6 is 0 Å². The second-order valence-electron chi connectivity index (χ2n) is 2.44. The average molecular weight is 177 g/mol. The summed E-state index contributed by atoms with van der Waals surface area (Å²) in [6.07, 6.45) is 3.57. The first-order valence-corrected chi connectivity index (χ1v) is 4.04. The van der Waals surface area contributed by atoms with E-state index in [1.165, 1.54) is 12.5 Å². The third kappa shape index (κ3) is 3.04. The molecule has 0 aliphatic rings. The Balaban J connectivity index is 2.29. The maximum atomic E-state index is 11.2. The highest BCUT2D eigenvalue weighted by Gasteiger charge is 2.03. The minimum Gasteiger partial charge on any atom is -0.472 e. The molecule has 1 amide bonds. The number of rotatable bonds is 3. The summed E-state index contributed by atoms with van der Waals surface area (Å²) in [5.74, 6) is 5.50. The Labute approximate surface area is 77.1 Å². The Hall–Kier alpha value is -1.69. The van der Waals surface area contributed by atoms with Crippen molar-refractivity contribution in [3.05, 3.63) is 24.2 Å². The summed E-state index contributed by atoms with van der Waals surface area (Å²) in [4.78, 5) is 11.2. The van der Waals surface area contributed by atoms with Gasteiger partial charge in [-0.2, -0.15) is 0 Å². The van der Waals surface area contributed by atoms with E-state index in [1.807, 2.05) is 0 Å². The van der Waals surface area contributed by atoms with Crippen LogP contribution < -0.4 is 5.32 Å². The molecule has 1 aromatic rings. The number of hydrogen-bond acceptors (Lipinski definition) is 2. The van der Waals surface area contributed by atoms with Crippen molar-refractivity contribution in [1.82, 2.24) is 5.32 Å². The molecule has 0 saturated heterocycles. The van der Waals surface area contributed by atoms with Crippen LogP contribution in [0.15, 0.2) is 23.0 Å². The molecule has 3 heteroatoms. The lowest BCUT2D eigenvalue weighted by Crippen LogP contribution is -2.23. The van der Waals surface area contributed by atoms with Gasteiger partial charge in [-0.1, -0.05) is 0 Å². The first-order chi connectivity index (χ1) is 6.34. The molecular weight excluding hydrogens is 166 g/mol. The zero-order valence-corrected chi connectivity index (χ0v) is 7.46. The Kier molecular flexibility index (Phi) is 3.65. The van der Waals surface area contributed by atoms with E-state index < -0.39 is 0 Å². The van der Waals surface area contributed by atoms with Crippen molar-refractivity contribution in [2.24, 2.45) is 0 Å². The summed E-state index contributed by atoms with van der Waals surface area (Å²) >= 11 is 0. The van der Waals surface area contributed by atoms with Crippen molar-refractivity contribution in [3.63, 3.8) is 0 Å². The summed E-state index contributed by atoms with van der Waals surface area (Å²) in [7, 11) is 0. The van der Waals surface area contributed by atoms with Gasteiger partial charge in [0.1, 0.15) is 6.26 Å². The van der Waals surface area contributed by atoms with Gasteiger partial charge >= 0.3 is 0 Å². The van der Waals surface area contributed by atoms with Crippen molar-refractivity contribution in [2.75, 3.05) is 6.54 Å². The molecule has 13 heavy (non-hydrogen) atoms. The molecule has 0 bridgehead atoms. The number of carbonyl (C=O) groups is 1. The summed E-state index contributed by atoms with van der Waals surface area (Å²) in [6.45, 7) is 2.35. The highest BCUT2D eigenvalue weighted by molar-refractivity contribution is 5.93. The lowest BCUT2D eigenvalue weighted by Gasteiger charge is -1.98. The largest absolute Gasteiger partial charge is 0.472 e. The number of amides is 1. The molecule has 1 heterocycles. The van der Waals surface area contributed by atoms with E-state index in [0.717, 1.165) is 0 Å². The van der Waals surface area contributed by atoms with Crippen LogP contribution in [0.1, 0.15) is 23.7 Å². The van der Waals surface area contributed by atoms with Crippen LogP contribution in [0.2, 0.25) is 0 Å². The third-order valence-corrected chi connectivity index (χ3v) is 1.50. The fourth-order valence-corrected chi connectivity index (χ4v) is 0.859. The molecule has 68 valence electrons. The monoisotopic (exact) mass is 177 g/mol. The third-order valence-electron chi connectivity index (χ3n) is 1.50. The van der Waals surface area contributed by atoms with Crippen LogP contribution in [0, 0.1) is 11.8 Å². The highest BCUT2D eigenvalue weighted by Crippen LogP contribution is 1.98. The van der Waals surface area contributed by atoms with Crippen LogP contribution in [-0.2, 0) is 0 Å². The summed E-state index contributed by atoms with van der Waals surface area (Å²) in [5.41, 5.74) is 0.546. The fraction of sp³-hybridized carbons (Fsp3) is 0.300.